The number of nitrogens with zero attached hydrogens (tertiary/aromatic N) is 2. The second-order valence-electron chi connectivity index (χ2n) is 6.78. The predicted molar refractivity (Wildman–Crippen MR) is 119 cm³/mol. The molecule has 2 N–H and O–H groups in total. The molecule has 162 valence electrons. The van der Waals surface area contributed by atoms with E-state index in [2.05, 4.69) is 20.0 Å². The Morgan fingerprint density at radius 2 is 1.77 bits per heavy atom. The van der Waals surface area contributed by atoms with Crippen molar-refractivity contribution in [1.82, 2.24) is 9.97 Å². The van der Waals surface area contributed by atoms with E-state index in [1.807, 2.05) is 0 Å². The number of rotatable bonds is 7. The molecule has 0 saturated carbocycles. The maximum Gasteiger partial charge on any atom is 0.265 e. The van der Waals surface area contributed by atoms with Crippen LogP contribution in [0, 0.1) is 13.8 Å². The molecule has 8 nitrogen and oxygen atoms in total. The summed E-state index contributed by atoms with van der Waals surface area (Å²) in [5.41, 5.74) is 1.08. The van der Waals surface area contributed by atoms with Crippen molar-refractivity contribution in [2.45, 2.75) is 31.8 Å². The normalized spacial score (nSPS) is 12.1. The minimum Gasteiger partial charge on any atom is -0.481 e. The number of ether oxygens (including phenoxy) is 1. The number of benzene rings is 2. The molecule has 10 heteroatoms. The molecule has 0 saturated heterocycles. The molecule has 2 aromatic carbocycles. The Labute approximate surface area is 185 Å². The predicted octanol–water partition coefficient (Wildman–Crippen LogP) is 3.95. The molecule has 0 aliphatic rings. The first-order valence-corrected chi connectivity index (χ1v) is 11.2. The number of carbonyl (C=O) groups is 1. The maximum absolute atomic E-state index is 12.6. The lowest BCUT2D eigenvalue weighted by atomic mass is 10.3. The van der Waals surface area contributed by atoms with Gasteiger partial charge in [0.15, 0.2) is 6.10 Å². The van der Waals surface area contributed by atoms with Gasteiger partial charge in [0.1, 0.15) is 17.4 Å². The third kappa shape index (κ3) is 6.16. The first-order chi connectivity index (χ1) is 14.6. The minimum absolute atomic E-state index is 0.0302. The molecule has 0 spiro atoms. The number of carbonyl (C=O) groups excluding carboxylic acids is 1. The Morgan fingerprint density at radius 3 is 2.42 bits per heavy atom. The monoisotopic (exact) mass is 460 g/mol. The summed E-state index contributed by atoms with van der Waals surface area (Å²) in [5, 5.41) is 3.19. The van der Waals surface area contributed by atoms with Crippen LogP contribution >= 0.6 is 11.6 Å². The van der Waals surface area contributed by atoms with Gasteiger partial charge in [-0.05, 0) is 63.2 Å². The van der Waals surface area contributed by atoms with Crippen molar-refractivity contribution in [3.05, 3.63) is 71.1 Å². The first-order valence-electron chi connectivity index (χ1n) is 9.31. The number of aryl methyl sites for hydroxylation is 2. The Bertz CT molecular complexity index is 1180. The van der Waals surface area contributed by atoms with Gasteiger partial charge in [0.25, 0.3) is 15.9 Å². The molecule has 0 aliphatic heterocycles. The summed E-state index contributed by atoms with van der Waals surface area (Å²) in [5.74, 6) is 0.734. The van der Waals surface area contributed by atoms with E-state index in [1.165, 1.54) is 24.3 Å². The van der Waals surface area contributed by atoms with Crippen molar-refractivity contribution in [1.29, 1.82) is 0 Å². The van der Waals surface area contributed by atoms with E-state index in [0.717, 1.165) is 0 Å². The van der Waals surface area contributed by atoms with E-state index < -0.39 is 16.1 Å². The van der Waals surface area contributed by atoms with Crippen LogP contribution in [0.25, 0.3) is 0 Å². The molecule has 0 fully saturated rings. The Morgan fingerprint density at radius 1 is 1.06 bits per heavy atom. The van der Waals surface area contributed by atoms with Crippen molar-refractivity contribution in [2.75, 3.05) is 10.0 Å². The summed E-state index contributed by atoms with van der Waals surface area (Å²) >= 11 is 5.91. The van der Waals surface area contributed by atoms with E-state index in [9.17, 15) is 13.2 Å². The van der Waals surface area contributed by atoms with Crippen LogP contribution < -0.4 is 14.8 Å². The van der Waals surface area contributed by atoms with Gasteiger partial charge < -0.3 is 10.1 Å². The van der Waals surface area contributed by atoms with Gasteiger partial charge in [0.2, 0.25) is 0 Å². The van der Waals surface area contributed by atoms with Crippen molar-refractivity contribution < 1.29 is 17.9 Å². The second-order valence-corrected chi connectivity index (χ2v) is 8.90. The lowest BCUT2D eigenvalue weighted by Crippen LogP contribution is -2.30. The lowest BCUT2D eigenvalue weighted by Gasteiger charge is -2.15. The minimum atomic E-state index is -3.84. The fourth-order valence-corrected chi connectivity index (χ4v) is 3.90. The van der Waals surface area contributed by atoms with Crippen LogP contribution in [0.1, 0.15) is 18.4 Å². The summed E-state index contributed by atoms with van der Waals surface area (Å²) in [6.45, 7) is 5.03. The fourth-order valence-electron chi connectivity index (χ4n) is 2.73. The molecule has 0 unspecified atom stereocenters. The van der Waals surface area contributed by atoms with Crippen LogP contribution in [0.3, 0.4) is 0 Å². The highest BCUT2D eigenvalue weighted by Gasteiger charge is 2.18. The van der Waals surface area contributed by atoms with E-state index in [0.29, 0.717) is 28.0 Å². The number of sulfonamides is 1. The van der Waals surface area contributed by atoms with E-state index >= 15 is 0 Å². The number of halogens is 1. The van der Waals surface area contributed by atoms with Gasteiger partial charge in [-0.1, -0.05) is 17.7 Å². The highest BCUT2D eigenvalue weighted by Crippen LogP contribution is 2.20. The number of aromatic nitrogens is 2. The Kier molecular flexibility index (Phi) is 6.77. The van der Waals surface area contributed by atoms with Crippen molar-refractivity contribution in [3.63, 3.8) is 0 Å². The van der Waals surface area contributed by atoms with Crippen LogP contribution in [-0.4, -0.2) is 30.4 Å². The second kappa shape index (κ2) is 9.32. The molecule has 0 aliphatic carbocycles. The van der Waals surface area contributed by atoms with Gasteiger partial charge in [-0.2, -0.15) is 0 Å². The highest BCUT2D eigenvalue weighted by molar-refractivity contribution is 7.92. The standard InChI is InChI=1S/C21H21ClN4O4S/c1-13-11-20(24-15(3)23-13)26-31(28,29)19-9-7-17(8-10-19)25-21(27)14(2)30-18-6-4-5-16(22)12-18/h4-12,14H,1-3H3,(H,25,27)(H,23,24,26)/t14-/m0/s1. The first kappa shape index (κ1) is 22.5. The highest BCUT2D eigenvalue weighted by atomic mass is 35.5. The molecule has 31 heavy (non-hydrogen) atoms. The quantitative estimate of drug-likeness (QED) is 0.552. The van der Waals surface area contributed by atoms with Gasteiger partial charge in [0, 0.05) is 22.5 Å². The van der Waals surface area contributed by atoms with Crippen LogP contribution in [0.4, 0.5) is 11.5 Å². The van der Waals surface area contributed by atoms with Crippen molar-refractivity contribution >= 4 is 39.0 Å². The van der Waals surface area contributed by atoms with Gasteiger partial charge >= 0.3 is 0 Å². The maximum atomic E-state index is 12.6. The molecular formula is C21H21ClN4O4S. The zero-order valence-corrected chi connectivity index (χ0v) is 18.7. The summed E-state index contributed by atoms with van der Waals surface area (Å²) in [6, 6.07) is 14.0. The SMILES string of the molecule is Cc1cc(NS(=O)(=O)c2ccc(NC(=O)[C@H](C)Oc3cccc(Cl)c3)cc2)nc(C)n1. The van der Waals surface area contributed by atoms with Crippen LogP contribution in [0.15, 0.2) is 59.5 Å². The third-order valence-corrected chi connectivity index (χ3v) is 5.72. The molecule has 1 atom stereocenters. The molecule has 3 aromatic rings. The molecule has 0 radical (unpaired) electrons. The number of nitrogens with one attached hydrogen (secondary N) is 2. The summed E-state index contributed by atoms with van der Waals surface area (Å²) in [6.07, 6.45) is -0.784. The molecule has 1 aromatic heterocycles. The Balaban J connectivity index is 1.65. The molecule has 0 bridgehead atoms. The fraction of sp³-hybridized carbons (Fsp3) is 0.190. The number of amides is 1. The molecule has 1 amide bonds. The van der Waals surface area contributed by atoms with Crippen molar-refractivity contribution in [2.24, 2.45) is 0 Å². The molecule has 3 rings (SSSR count). The topological polar surface area (TPSA) is 110 Å². The van der Waals surface area contributed by atoms with E-state index in [4.69, 9.17) is 16.3 Å². The van der Waals surface area contributed by atoms with Crippen LogP contribution in [0.2, 0.25) is 5.02 Å². The van der Waals surface area contributed by atoms with E-state index in [-0.39, 0.29) is 16.6 Å². The summed E-state index contributed by atoms with van der Waals surface area (Å²) in [4.78, 5) is 20.6. The molecule has 1 heterocycles. The Hall–Kier alpha value is -3.17. The molecular weight excluding hydrogens is 440 g/mol. The number of anilines is 2. The van der Waals surface area contributed by atoms with E-state index in [1.54, 1.807) is 51.1 Å². The average molecular weight is 461 g/mol. The van der Waals surface area contributed by atoms with Gasteiger partial charge in [0.05, 0.1) is 4.90 Å². The zero-order chi connectivity index (χ0) is 22.6. The zero-order valence-electron chi connectivity index (χ0n) is 17.1. The van der Waals surface area contributed by atoms with Gasteiger partial charge in [-0.3, -0.25) is 9.52 Å². The summed E-state index contributed by atoms with van der Waals surface area (Å²) in [7, 11) is -3.84. The number of hydrogen-bond donors (Lipinski definition) is 2. The average Bonchev–Trinajstić information content (AvgIpc) is 2.67. The van der Waals surface area contributed by atoms with Gasteiger partial charge in [-0.25, -0.2) is 18.4 Å². The largest absolute Gasteiger partial charge is 0.481 e. The van der Waals surface area contributed by atoms with Crippen LogP contribution in [0.5, 0.6) is 5.75 Å². The van der Waals surface area contributed by atoms with Gasteiger partial charge in [-0.15, -0.1) is 0 Å². The van der Waals surface area contributed by atoms with Crippen LogP contribution in [-0.2, 0) is 14.8 Å². The summed E-state index contributed by atoms with van der Waals surface area (Å²) < 4.78 is 33.2. The lowest BCUT2D eigenvalue weighted by molar-refractivity contribution is -0.122. The van der Waals surface area contributed by atoms with Crippen molar-refractivity contribution in [3.8, 4) is 5.75 Å². The number of hydrogen-bond acceptors (Lipinski definition) is 6. The smallest absolute Gasteiger partial charge is 0.265 e. The third-order valence-electron chi connectivity index (χ3n) is 4.12.